The quantitative estimate of drug-likeness (QED) is 0.811. The summed E-state index contributed by atoms with van der Waals surface area (Å²) in [5.41, 5.74) is 0.297. The molecule has 1 fully saturated rings. The Morgan fingerprint density at radius 2 is 2.00 bits per heavy atom. The molecule has 0 aromatic rings. The third kappa shape index (κ3) is 4.83. The number of hydrogen-bond acceptors (Lipinski definition) is 2. The normalized spacial score (nSPS) is 25.2. The largest absolute Gasteiger partial charge is 0.212 e. The van der Waals surface area contributed by atoms with Crippen molar-refractivity contribution in [1.29, 1.82) is 0 Å². The van der Waals surface area contributed by atoms with Gasteiger partial charge in [-0.1, -0.05) is 27.7 Å². The minimum absolute atomic E-state index is 0.159. The molecule has 3 nitrogen and oxygen atoms in total. The van der Waals surface area contributed by atoms with Crippen LogP contribution >= 0.6 is 0 Å². The second kappa shape index (κ2) is 5.05. The van der Waals surface area contributed by atoms with E-state index in [-0.39, 0.29) is 11.8 Å². The Kier molecular flexibility index (Phi) is 4.41. The summed E-state index contributed by atoms with van der Waals surface area (Å²) >= 11 is 0. The fourth-order valence-corrected chi connectivity index (χ4v) is 3.85. The van der Waals surface area contributed by atoms with Gasteiger partial charge in [-0.05, 0) is 37.0 Å². The van der Waals surface area contributed by atoms with Gasteiger partial charge in [0.25, 0.3) is 0 Å². The Bertz CT molecular complexity index is 320. The third-order valence-corrected chi connectivity index (χ3v) is 4.74. The maximum Gasteiger partial charge on any atom is 0.211 e. The number of sulfonamides is 1. The van der Waals surface area contributed by atoms with Crippen LogP contribution in [0.1, 0.15) is 53.4 Å². The highest BCUT2D eigenvalue weighted by atomic mass is 32.2. The zero-order chi connectivity index (χ0) is 12.4. The molecule has 0 spiro atoms. The van der Waals surface area contributed by atoms with Crippen molar-refractivity contribution in [3.8, 4) is 0 Å². The van der Waals surface area contributed by atoms with E-state index in [1.165, 1.54) is 0 Å². The van der Waals surface area contributed by atoms with E-state index in [0.29, 0.717) is 11.3 Å². The van der Waals surface area contributed by atoms with E-state index in [1.807, 2.05) is 13.8 Å². The Labute approximate surface area is 100 Å². The van der Waals surface area contributed by atoms with Crippen molar-refractivity contribution in [1.82, 2.24) is 4.72 Å². The van der Waals surface area contributed by atoms with Crippen molar-refractivity contribution in [2.45, 2.75) is 59.4 Å². The second-order valence-electron chi connectivity index (χ2n) is 6.22. The maximum atomic E-state index is 11.8. The maximum absolute atomic E-state index is 11.8. The fraction of sp³-hybridized carbons (Fsp3) is 1.00. The Morgan fingerprint density at radius 1 is 1.38 bits per heavy atom. The van der Waals surface area contributed by atoms with Gasteiger partial charge in [0.15, 0.2) is 0 Å². The Morgan fingerprint density at radius 3 is 2.44 bits per heavy atom. The lowest BCUT2D eigenvalue weighted by Gasteiger charge is -2.18. The highest BCUT2D eigenvalue weighted by Gasteiger charge is 2.32. The van der Waals surface area contributed by atoms with E-state index in [0.717, 1.165) is 25.7 Å². The lowest BCUT2D eigenvalue weighted by molar-refractivity contribution is 0.372. The molecule has 1 aliphatic rings. The smallest absolute Gasteiger partial charge is 0.211 e. The van der Waals surface area contributed by atoms with Gasteiger partial charge in [-0.25, -0.2) is 13.1 Å². The van der Waals surface area contributed by atoms with Crippen LogP contribution in [0.2, 0.25) is 0 Å². The summed E-state index contributed by atoms with van der Waals surface area (Å²) in [7, 11) is -3.06. The number of hydrogen-bond donors (Lipinski definition) is 1. The third-order valence-electron chi connectivity index (χ3n) is 3.28. The van der Waals surface area contributed by atoms with Crippen LogP contribution in [0.5, 0.6) is 0 Å². The van der Waals surface area contributed by atoms with Crippen LogP contribution in [-0.4, -0.2) is 20.2 Å². The molecule has 0 amide bonds. The molecular weight excluding hydrogens is 222 g/mol. The van der Waals surface area contributed by atoms with Gasteiger partial charge in [0.2, 0.25) is 10.0 Å². The molecule has 0 aromatic carbocycles. The van der Waals surface area contributed by atoms with E-state index in [1.54, 1.807) is 0 Å². The first kappa shape index (κ1) is 14.0. The first-order valence-electron chi connectivity index (χ1n) is 6.20. The number of rotatable bonds is 5. The molecule has 0 saturated heterocycles. The van der Waals surface area contributed by atoms with Gasteiger partial charge in [-0.3, -0.25) is 0 Å². The molecule has 1 N–H and O–H groups in total. The molecular formula is C12H25NO2S. The summed E-state index contributed by atoms with van der Waals surface area (Å²) in [5, 5.41) is 0. The summed E-state index contributed by atoms with van der Waals surface area (Å²) in [6.07, 6.45) is 3.80. The minimum Gasteiger partial charge on any atom is -0.212 e. The SMILES string of the molecule is CC(C)CCS(=O)(=O)NC1CCC(C)(C)C1. The van der Waals surface area contributed by atoms with E-state index in [2.05, 4.69) is 18.6 Å². The predicted molar refractivity (Wildman–Crippen MR) is 67.8 cm³/mol. The molecule has 0 bridgehead atoms. The van der Waals surface area contributed by atoms with Crippen molar-refractivity contribution in [2.24, 2.45) is 11.3 Å². The lowest BCUT2D eigenvalue weighted by Crippen LogP contribution is -2.35. The van der Waals surface area contributed by atoms with Crippen molar-refractivity contribution in [3.63, 3.8) is 0 Å². The topological polar surface area (TPSA) is 46.2 Å². The highest BCUT2D eigenvalue weighted by Crippen LogP contribution is 2.37. The Balaban J connectivity index is 2.42. The van der Waals surface area contributed by atoms with Crippen molar-refractivity contribution in [3.05, 3.63) is 0 Å². The molecule has 0 radical (unpaired) electrons. The molecule has 1 unspecified atom stereocenters. The molecule has 0 aromatic heterocycles. The van der Waals surface area contributed by atoms with Crippen molar-refractivity contribution >= 4 is 10.0 Å². The summed E-state index contributed by atoms with van der Waals surface area (Å²) < 4.78 is 26.4. The minimum atomic E-state index is -3.06. The van der Waals surface area contributed by atoms with Gasteiger partial charge in [0.05, 0.1) is 5.75 Å². The van der Waals surface area contributed by atoms with E-state index in [9.17, 15) is 8.42 Å². The van der Waals surface area contributed by atoms with Crippen LogP contribution in [0, 0.1) is 11.3 Å². The van der Waals surface area contributed by atoms with Crippen molar-refractivity contribution in [2.75, 3.05) is 5.75 Å². The summed E-state index contributed by atoms with van der Waals surface area (Å²) in [4.78, 5) is 0. The van der Waals surface area contributed by atoms with Gasteiger partial charge >= 0.3 is 0 Å². The lowest BCUT2D eigenvalue weighted by atomic mass is 9.92. The van der Waals surface area contributed by atoms with Crippen LogP contribution in [0.15, 0.2) is 0 Å². The molecule has 0 aliphatic heterocycles. The average molecular weight is 247 g/mol. The van der Waals surface area contributed by atoms with E-state index < -0.39 is 10.0 Å². The first-order valence-corrected chi connectivity index (χ1v) is 7.85. The van der Waals surface area contributed by atoms with Crippen LogP contribution in [0.3, 0.4) is 0 Å². The van der Waals surface area contributed by atoms with Crippen LogP contribution < -0.4 is 4.72 Å². The van der Waals surface area contributed by atoms with E-state index >= 15 is 0 Å². The molecule has 1 atom stereocenters. The molecule has 1 rings (SSSR count). The van der Waals surface area contributed by atoms with Gasteiger partial charge in [-0.15, -0.1) is 0 Å². The summed E-state index contributed by atoms with van der Waals surface area (Å²) in [6.45, 7) is 8.51. The van der Waals surface area contributed by atoms with Crippen LogP contribution in [-0.2, 0) is 10.0 Å². The molecule has 0 heterocycles. The average Bonchev–Trinajstić information content (AvgIpc) is 2.41. The van der Waals surface area contributed by atoms with Gasteiger partial charge in [0, 0.05) is 6.04 Å². The van der Waals surface area contributed by atoms with Crippen LogP contribution in [0.4, 0.5) is 0 Å². The van der Waals surface area contributed by atoms with Gasteiger partial charge in [0.1, 0.15) is 0 Å². The first-order chi connectivity index (χ1) is 7.20. The molecule has 16 heavy (non-hydrogen) atoms. The molecule has 4 heteroatoms. The summed E-state index contributed by atoms with van der Waals surface area (Å²) in [6, 6.07) is 0.159. The zero-order valence-corrected chi connectivity index (χ0v) is 11.7. The fourth-order valence-electron chi connectivity index (χ4n) is 2.24. The predicted octanol–water partition coefficient (Wildman–Crippen LogP) is 2.53. The van der Waals surface area contributed by atoms with E-state index in [4.69, 9.17) is 0 Å². The molecule has 1 aliphatic carbocycles. The highest BCUT2D eigenvalue weighted by molar-refractivity contribution is 7.89. The van der Waals surface area contributed by atoms with Crippen molar-refractivity contribution < 1.29 is 8.42 Å². The van der Waals surface area contributed by atoms with Gasteiger partial charge < -0.3 is 0 Å². The van der Waals surface area contributed by atoms with Gasteiger partial charge in [-0.2, -0.15) is 0 Å². The monoisotopic (exact) mass is 247 g/mol. The standard InChI is InChI=1S/C12H25NO2S/c1-10(2)6-8-16(14,15)13-11-5-7-12(3,4)9-11/h10-11,13H,5-9H2,1-4H3. The molecule has 1 saturated carbocycles. The number of nitrogens with one attached hydrogen (secondary N) is 1. The second-order valence-corrected chi connectivity index (χ2v) is 8.10. The summed E-state index contributed by atoms with van der Waals surface area (Å²) in [5.74, 6) is 0.707. The zero-order valence-electron chi connectivity index (χ0n) is 10.9. The molecule has 96 valence electrons. The van der Waals surface area contributed by atoms with Crippen LogP contribution in [0.25, 0.3) is 0 Å². The Hall–Kier alpha value is -0.0900.